The van der Waals surface area contributed by atoms with Gasteiger partial charge in [-0.1, -0.05) is 6.58 Å². The average molecular weight is 441 g/mol. The van der Waals surface area contributed by atoms with Gasteiger partial charge >= 0.3 is 0 Å². The van der Waals surface area contributed by atoms with Crippen LogP contribution in [0.15, 0.2) is 18.8 Å². The van der Waals surface area contributed by atoms with E-state index in [2.05, 4.69) is 17.0 Å². The lowest BCUT2D eigenvalue weighted by molar-refractivity contribution is -0.0367. The molecule has 0 radical (unpaired) electrons. The highest BCUT2D eigenvalue weighted by molar-refractivity contribution is 5.90. The van der Waals surface area contributed by atoms with Gasteiger partial charge in [0.15, 0.2) is 6.23 Å². The van der Waals surface area contributed by atoms with Crippen molar-refractivity contribution in [3.8, 4) is 23.0 Å². The Morgan fingerprint density at radius 3 is 2.91 bits per heavy atom. The van der Waals surface area contributed by atoms with Gasteiger partial charge in [0.25, 0.3) is 0 Å². The van der Waals surface area contributed by atoms with E-state index in [0.29, 0.717) is 30.6 Å². The van der Waals surface area contributed by atoms with Crippen molar-refractivity contribution >= 4 is 17.0 Å². The van der Waals surface area contributed by atoms with E-state index in [-0.39, 0.29) is 12.3 Å². The maximum atomic E-state index is 6.22. The summed E-state index contributed by atoms with van der Waals surface area (Å²) in [5, 5.41) is 13.4. The summed E-state index contributed by atoms with van der Waals surface area (Å²) in [6, 6.07) is 2.01. The van der Waals surface area contributed by atoms with Gasteiger partial charge in [0.1, 0.15) is 11.7 Å². The Bertz CT molecular complexity index is 1080. The number of aryl methyl sites for hydroxylation is 1. The lowest BCUT2D eigenvalue weighted by Crippen LogP contribution is -2.27. The second kappa shape index (κ2) is 9.70. The summed E-state index contributed by atoms with van der Waals surface area (Å²) >= 11 is 0. The molecule has 0 amide bonds. The molecule has 0 aromatic carbocycles. The van der Waals surface area contributed by atoms with Gasteiger partial charge < -0.3 is 19.5 Å². The fraction of sp³-hybridized carbons (Fsp3) is 0.522. The van der Waals surface area contributed by atoms with Gasteiger partial charge in [-0.15, -0.1) is 5.10 Å². The van der Waals surface area contributed by atoms with Crippen LogP contribution in [0, 0.1) is 0 Å². The molecule has 0 saturated carbocycles. The third kappa shape index (κ3) is 4.22. The highest BCUT2D eigenvalue weighted by Crippen LogP contribution is 2.39. The Morgan fingerprint density at radius 1 is 1.38 bits per heavy atom. The minimum Gasteiger partial charge on any atom is -0.476 e. The first-order valence-corrected chi connectivity index (χ1v) is 11.2. The molecule has 0 bridgehead atoms. The van der Waals surface area contributed by atoms with Crippen molar-refractivity contribution in [1.82, 2.24) is 29.9 Å². The fourth-order valence-corrected chi connectivity index (χ4v) is 4.08. The normalized spacial score (nSPS) is 17.4. The molecular weight excluding hydrogens is 408 g/mol. The van der Waals surface area contributed by atoms with E-state index in [1.807, 2.05) is 44.9 Å². The van der Waals surface area contributed by atoms with E-state index in [4.69, 9.17) is 24.3 Å². The molecule has 1 N–H and O–H groups in total. The molecule has 9 heteroatoms. The zero-order valence-electron chi connectivity index (χ0n) is 19.3. The summed E-state index contributed by atoms with van der Waals surface area (Å²) in [7, 11) is 3.75. The van der Waals surface area contributed by atoms with Crippen LogP contribution in [0.3, 0.4) is 0 Å². The first kappa shape index (κ1) is 22.3. The number of hydrogen-bond donors (Lipinski definition) is 1. The summed E-state index contributed by atoms with van der Waals surface area (Å²) in [6.07, 6.45) is 6.63. The maximum Gasteiger partial charge on any atom is 0.246 e. The molecule has 2 atom stereocenters. The smallest absolute Gasteiger partial charge is 0.246 e. The Labute approximate surface area is 188 Å². The van der Waals surface area contributed by atoms with Gasteiger partial charge in [0.2, 0.25) is 11.8 Å². The molecule has 4 heterocycles. The Balaban J connectivity index is 1.81. The van der Waals surface area contributed by atoms with Crippen LogP contribution in [0.1, 0.15) is 45.0 Å². The van der Waals surface area contributed by atoms with E-state index in [1.54, 1.807) is 10.8 Å². The number of fused-ring (bicyclic) bond motifs is 1. The highest BCUT2D eigenvalue weighted by atomic mass is 16.5. The van der Waals surface area contributed by atoms with Crippen molar-refractivity contribution in [3.63, 3.8) is 0 Å². The van der Waals surface area contributed by atoms with Gasteiger partial charge in [0.05, 0.1) is 29.7 Å². The molecule has 1 saturated heterocycles. The van der Waals surface area contributed by atoms with Crippen LogP contribution >= 0.6 is 0 Å². The summed E-state index contributed by atoms with van der Waals surface area (Å²) in [5.41, 5.74) is 3.16. The molecule has 9 nitrogen and oxygen atoms in total. The Hall–Kier alpha value is -2.91. The number of hydrogen-bond acceptors (Lipinski definition) is 7. The number of likely N-dealkylation sites (N-methyl/N-ethyl adjacent to an activating group) is 1. The minimum atomic E-state index is -0.0775. The van der Waals surface area contributed by atoms with Crippen LogP contribution < -0.4 is 14.8 Å². The predicted octanol–water partition coefficient (Wildman–Crippen LogP) is 3.56. The second-order valence-electron chi connectivity index (χ2n) is 7.97. The third-order valence-corrected chi connectivity index (χ3v) is 5.55. The number of pyridine rings is 1. The van der Waals surface area contributed by atoms with E-state index in [0.717, 1.165) is 48.0 Å². The van der Waals surface area contributed by atoms with Gasteiger partial charge in [0, 0.05) is 25.6 Å². The molecule has 4 rings (SSSR count). The summed E-state index contributed by atoms with van der Waals surface area (Å²) < 4.78 is 21.7. The van der Waals surface area contributed by atoms with Crippen molar-refractivity contribution in [3.05, 3.63) is 24.5 Å². The molecular formula is C23H32N6O3. The number of rotatable bonds is 9. The van der Waals surface area contributed by atoms with Crippen molar-refractivity contribution in [2.45, 2.75) is 45.4 Å². The number of ether oxygens (including phenoxy) is 3. The topological polar surface area (TPSA) is 88.3 Å². The Morgan fingerprint density at radius 2 is 2.22 bits per heavy atom. The average Bonchev–Trinajstić information content (AvgIpc) is 3.31. The van der Waals surface area contributed by atoms with Crippen molar-refractivity contribution in [2.75, 3.05) is 26.8 Å². The number of nitrogens with one attached hydrogen (secondary N) is 1. The monoisotopic (exact) mass is 440 g/mol. The van der Waals surface area contributed by atoms with Gasteiger partial charge in [-0.05, 0) is 52.3 Å². The summed E-state index contributed by atoms with van der Waals surface area (Å²) in [5.74, 6) is 1.11. The van der Waals surface area contributed by atoms with Crippen LogP contribution in [-0.4, -0.2) is 57.5 Å². The van der Waals surface area contributed by atoms with Crippen LogP contribution in [0.4, 0.5) is 0 Å². The van der Waals surface area contributed by atoms with Gasteiger partial charge in [-0.2, -0.15) is 5.10 Å². The van der Waals surface area contributed by atoms with Crippen molar-refractivity contribution < 1.29 is 14.2 Å². The third-order valence-electron chi connectivity index (χ3n) is 5.55. The van der Waals surface area contributed by atoms with Crippen molar-refractivity contribution in [1.29, 1.82) is 0 Å². The van der Waals surface area contributed by atoms with Crippen LogP contribution in [0.5, 0.6) is 11.8 Å². The molecule has 1 aliphatic heterocycles. The lowest BCUT2D eigenvalue weighted by atomic mass is 10.1. The minimum absolute atomic E-state index is 0.0534. The predicted molar refractivity (Wildman–Crippen MR) is 124 cm³/mol. The van der Waals surface area contributed by atoms with E-state index >= 15 is 0 Å². The van der Waals surface area contributed by atoms with Crippen LogP contribution in [-0.2, 0) is 11.8 Å². The first-order chi connectivity index (χ1) is 15.6. The molecule has 1 fully saturated rings. The Kier molecular flexibility index (Phi) is 6.76. The molecule has 0 spiro atoms. The molecule has 0 aliphatic carbocycles. The quantitative estimate of drug-likeness (QED) is 0.544. The molecule has 1 unspecified atom stereocenters. The van der Waals surface area contributed by atoms with E-state index < -0.39 is 0 Å². The van der Waals surface area contributed by atoms with E-state index in [1.165, 1.54) is 0 Å². The van der Waals surface area contributed by atoms with Gasteiger partial charge in [-0.25, -0.2) is 9.36 Å². The zero-order valence-corrected chi connectivity index (χ0v) is 19.3. The van der Waals surface area contributed by atoms with E-state index in [9.17, 15) is 0 Å². The molecule has 3 aromatic heterocycles. The SMILES string of the molecule is C=Cc1nn(C2CCCCO2)c2cnc(-c3c(OCC)nn(C)c3O[C@@H](C)CNC)cc12. The van der Waals surface area contributed by atoms with Crippen LogP contribution in [0.2, 0.25) is 0 Å². The molecule has 172 valence electrons. The molecule has 32 heavy (non-hydrogen) atoms. The second-order valence-corrected chi connectivity index (χ2v) is 7.97. The van der Waals surface area contributed by atoms with Crippen molar-refractivity contribution in [2.24, 2.45) is 7.05 Å². The van der Waals surface area contributed by atoms with Gasteiger partial charge in [-0.3, -0.25) is 4.98 Å². The number of aromatic nitrogens is 5. The summed E-state index contributed by atoms with van der Waals surface area (Å²) in [4.78, 5) is 4.77. The highest BCUT2D eigenvalue weighted by Gasteiger charge is 2.26. The largest absolute Gasteiger partial charge is 0.476 e. The first-order valence-electron chi connectivity index (χ1n) is 11.2. The molecule has 3 aromatic rings. The maximum absolute atomic E-state index is 6.22. The zero-order chi connectivity index (χ0) is 22.7. The lowest BCUT2D eigenvalue weighted by Gasteiger charge is -2.23. The summed E-state index contributed by atoms with van der Waals surface area (Å²) in [6.45, 7) is 9.85. The molecule has 1 aliphatic rings. The van der Waals surface area contributed by atoms with Crippen LogP contribution in [0.25, 0.3) is 28.2 Å². The standard InChI is InChI=1S/C23H32N6O3/c1-6-17-16-12-18(25-14-19(16)29(26-17)20-10-8-9-11-31-20)21-22(30-7-2)27-28(5)23(21)32-15(3)13-24-4/h6,12,14-15,20,24H,1,7-11,13H2,2-5H3/t15-,20?/m0/s1. The fourth-order valence-electron chi connectivity index (χ4n) is 4.08. The number of nitrogens with zero attached hydrogens (tertiary/aromatic N) is 5.